The first-order valence-electron chi connectivity index (χ1n) is 5.93. The molecule has 0 radical (unpaired) electrons. The van der Waals surface area contributed by atoms with Crippen molar-refractivity contribution in [2.24, 2.45) is 11.1 Å². The van der Waals surface area contributed by atoms with Crippen molar-refractivity contribution in [1.29, 1.82) is 0 Å². The molecule has 0 saturated heterocycles. The van der Waals surface area contributed by atoms with Gasteiger partial charge in [0, 0.05) is 17.5 Å². The number of nitrogens with two attached hydrogens (primary N) is 1. The molecular formula is C11H16N2O4S3. The summed E-state index contributed by atoms with van der Waals surface area (Å²) in [6, 6.07) is 0. The first-order valence-corrected chi connectivity index (χ1v) is 9.96. The highest BCUT2D eigenvalue weighted by Gasteiger charge is 2.42. The molecule has 0 spiro atoms. The quantitative estimate of drug-likeness (QED) is 0.780. The SMILES string of the molecule is CC(C)CNC1=C(S(N)(=O)=O)SC2C1=CC=CS2(=O)=O. The molecule has 0 amide bonds. The second kappa shape index (κ2) is 5.21. The van der Waals surface area contributed by atoms with Crippen molar-refractivity contribution in [3.63, 3.8) is 0 Å². The summed E-state index contributed by atoms with van der Waals surface area (Å²) in [6.07, 6.45) is 3.02. The molecule has 0 aromatic rings. The largest absolute Gasteiger partial charge is 0.383 e. The van der Waals surface area contributed by atoms with Crippen molar-refractivity contribution in [2.75, 3.05) is 6.54 Å². The van der Waals surface area contributed by atoms with E-state index in [9.17, 15) is 16.8 Å². The number of allylic oxidation sites excluding steroid dienone is 3. The normalized spacial score (nSPS) is 24.8. The van der Waals surface area contributed by atoms with Crippen molar-refractivity contribution >= 4 is 31.6 Å². The van der Waals surface area contributed by atoms with Gasteiger partial charge in [-0.25, -0.2) is 22.0 Å². The van der Waals surface area contributed by atoms with E-state index in [0.717, 1.165) is 17.2 Å². The Bertz CT molecular complexity index is 715. The molecule has 0 aromatic heterocycles. The van der Waals surface area contributed by atoms with Crippen LogP contribution in [0.3, 0.4) is 0 Å². The first kappa shape index (κ1) is 15.6. The fourth-order valence-electron chi connectivity index (χ4n) is 1.87. The minimum absolute atomic E-state index is 0.110. The number of rotatable bonds is 4. The molecule has 1 unspecified atom stereocenters. The van der Waals surface area contributed by atoms with Crippen molar-refractivity contribution < 1.29 is 16.8 Å². The molecule has 0 aromatic carbocycles. The van der Waals surface area contributed by atoms with Gasteiger partial charge >= 0.3 is 0 Å². The van der Waals surface area contributed by atoms with Crippen LogP contribution in [-0.2, 0) is 19.9 Å². The Morgan fingerprint density at radius 3 is 2.65 bits per heavy atom. The lowest BCUT2D eigenvalue weighted by atomic mass is 10.2. The number of thioether (sulfide) groups is 1. The standard InChI is InChI=1S/C11H16N2O4S3/c1-7(2)6-13-9-8-4-3-5-19(14,15)10(8)18-11(9)20(12,16)17/h3-5,7,10,13H,6H2,1-2H3,(H2,12,16,17). The zero-order chi connectivity index (χ0) is 15.1. The number of hydrogen-bond acceptors (Lipinski definition) is 6. The maximum absolute atomic E-state index is 12.0. The first-order chi connectivity index (χ1) is 9.13. The van der Waals surface area contributed by atoms with E-state index in [2.05, 4.69) is 5.32 Å². The van der Waals surface area contributed by atoms with E-state index in [1.54, 1.807) is 6.08 Å². The van der Waals surface area contributed by atoms with E-state index in [-0.39, 0.29) is 10.2 Å². The van der Waals surface area contributed by atoms with Crippen LogP contribution in [0.1, 0.15) is 13.8 Å². The average molecular weight is 336 g/mol. The zero-order valence-corrected chi connectivity index (χ0v) is 13.5. The summed E-state index contributed by atoms with van der Waals surface area (Å²) in [6.45, 7) is 4.47. The van der Waals surface area contributed by atoms with Crippen LogP contribution >= 0.6 is 11.8 Å². The topological polar surface area (TPSA) is 106 Å². The van der Waals surface area contributed by atoms with Crippen LogP contribution in [0.25, 0.3) is 0 Å². The molecule has 2 aliphatic rings. The van der Waals surface area contributed by atoms with Gasteiger partial charge in [-0.3, -0.25) is 0 Å². The number of hydrogen-bond donors (Lipinski definition) is 2. The molecule has 112 valence electrons. The van der Waals surface area contributed by atoms with Gasteiger partial charge in [0.25, 0.3) is 0 Å². The fourth-order valence-corrected chi connectivity index (χ4v) is 6.19. The molecule has 6 nitrogen and oxygen atoms in total. The summed E-state index contributed by atoms with van der Waals surface area (Å²) in [5.74, 6) is 0.282. The third kappa shape index (κ3) is 2.95. The van der Waals surface area contributed by atoms with Gasteiger partial charge in [0.15, 0.2) is 9.84 Å². The number of sulfone groups is 1. The minimum Gasteiger partial charge on any atom is -0.383 e. The number of primary sulfonamides is 1. The fraction of sp³-hybridized carbons (Fsp3) is 0.455. The van der Waals surface area contributed by atoms with Gasteiger partial charge in [0.1, 0.15) is 8.82 Å². The summed E-state index contributed by atoms with van der Waals surface area (Å²) in [4.78, 5) is 0. The van der Waals surface area contributed by atoms with Crippen LogP contribution in [0.2, 0.25) is 0 Å². The lowest BCUT2D eigenvalue weighted by Gasteiger charge is -2.16. The van der Waals surface area contributed by atoms with Gasteiger partial charge in [-0.2, -0.15) is 0 Å². The van der Waals surface area contributed by atoms with Gasteiger partial charge in [0.05, 0.1) is 5.70 Å². The summed E-state index contributed by atoms with van der Waals surface area (Å²) in [5, 5.41) is 9.28. The lowest BCUT2D eigenvalue weighted by molar-refractivity contribution is 0.591. The van der Waals surface area contributed by atoms with Crippen LogP contribution in [0.15, 0.2) is 33.1 Å². The highest BCUT2D eigenvalue weighted by molar-refractivity contribution is 8.25. The minimum atomic E-state index is -3.96. The van der Waals surface area contributed by atoms with E-state index >= 15 is 0 Å². The van der Waals surface area contributed by atoms with Gasteiger partial charge in [-0.15, -0.1) is 0 Å². The van der Waals surface area contributed by atoms with Crippen LogP contribution < -0.4 is 10.5 Å². The van der Waals surface area contributed by atoms with Crippen molar-refractivity contribution in [2.45, 2.75) is 18.4 Å². The van der Waals surface area contributed by atoms with Gasteiger partial charge in [0.2, 0.25) is 10.0 Å². The monoisotopic (exact) mass is 336 g/mol. The molecule has 2 heterocycles. The maximum Gasteiger partial charge on any atom is 0.246 e. The highest BCUT2D eigenvalue weighted by atomic mass is 32.3. The third-order valence-electron chi connectivity index (χ3n) is 2.75. The molecule has 20 heavy (non-hydrogen) atoms. The molecule has 0 saturated carbocycles. The molecule has 1 atom stereocenters. The zero-order valence-electron chi connectivity index (χ0n) is 11.0. The molecule has 3 N–H and O–H groups in total. The Labute approximate surface area is 123 Å². The van der Waals surface area contributed by atoms with Crippen LogP contribution in [-0.4, -0.2) is 28.0 Å². The van der Waals surface area contributed by atoms with Crippen LogP contribution in [0, 0.1) is 5.92 Å². The van der Waals surface area contributed by atoms with E-state index in [1.807, 2.05) is 13.8 Å². The molecular weight excluding hydrogens is 320 g/mol. The van der Waals surface area contributed by atoms with Gasteiger partial charge in [-0.1, -0.05) is 37.8 Å². The summed E-state index contributed by atoms with van der Waals surface area (Å²) < 4.78 is 46.2. The van der Waals surface area contributed by atoms with Crippen molar-refractivity contribution in [3.05, 3.63) is 33.1 Å². The highest BCUT2D eigenvalue weighted by Crippen LogP contribution is 2.46. The molecule has 0 aliphatic carbocycles. The van der Waals surface area contributed by atoms with Gasteiger partial charge in [-0.05, 0) is 5.92 Å². The smallest absolute Gasteiger partial charge is 0.246 e. The molecule has 2 aliphatic heterocycles. The Morgan fingerprint density at radius 2 is 2.10 bits per heavy atom. The summed E-state index contributed by atoms with van der Waals surface area (Å²) in [7, 11) is -7.47. The van der Waals surface area contributed by atoms with Crippen molar-refractivity contribution in [1.82, 2.24) is 5.32 Å². The second-order valence-corrected chi connectivity index (χ2v) is 10.1. The lowest BCUT2D eigenvalue weighted by Crippen LogP contribution is -2.25. The Balaban J connectivity index is 2.49. The Morgan fingerprint density at radius 1 is 1.45 bits per heavy atom. The van der Waals surface area contributed by atoms with E-state index in [4.69, 9.17) is 5.14 Å². The average Bonchev–Trinajstić information content (AvgIpc) is 2.66. The molecule has 9 heteroatoms. The van der Waals surface area contributed by atoms with Crippen molar-refractivity contribution in [3.8, 4) is 0 Å². The Kier molecular flexibility index (Phi) is 4.07. The number of nitrogens with one attached hydrogen (secondary N) is 1. The molecule has 0 fully saturated rings. The predicted molar refractivity (Wildman–Crippen MR) is 80.5 cm³/mol. The summed E-state index contributed by atoms with van der Waals surface area (Å²) >= 11 is 0.765. The third-order valence-corrected chi connectivity index (χ3v) is 7.82. The molecule has 0 bridgehead atoms. The Hall–Kier alpha value is -0.770. The van der Waals surface area contributed by atoms with E-state index in [1.165, 1.54) is 6.08 Å². The van der Waals surface area contributed by atoms with Crippen LogP contribution in [0.5, 0.6) is 0 Å². The molecule has 2 rings (SSSR count). The van der Waals surface area contributed by atoms with Gasteiger partial charge < -0.3 is 5.32 Å². The predicted octanol–water partition coefficient (Wildman–Crippen LogP) is 0.631. The number of sulfonamides is 1. The van der Waals surface area contributed by atoms with Crippen LogP contribution in [0.4, 0.5) is 0 Å². The maximum atomic E-state index is 12.0. The number of fused-ring (bicyclic) bond motifs is 1. The second-order valence-electron chi connectivity index (χ2n) is 4.97. The van der Waals surface area contributed by atoms with E-state index in [0.29, 0.717) is 17.8 Å². The summed E-state index contributed by atoms with van der Waals surface area (Å²) in [5.41, 5.74) is 0.756. The van der Waals surface area contributed by atoms with E-state index < -0.39 is 24.4 Å².